The average Bonchev–Trinajstić information content (AvgIpc) is 3.41. The normalized spacial score (nSPS) is 16.2. The average molecular weight is 564 g/mol. The molecule has 1 aliphatic heterocycles. The van der Waals surface area contributed by atoms with E-state index in [4.69, 9.17) is 33.7 Å². The molecule has 3 aromatic rings. The van der Waals surface area contributed by atoms with Crippen LogP contribution in [0.4, 0.5) is 5.00 Å². The van der Waals surface area contributed by atoms with Crippen LogP contribution in [0.2, 0.25) is 10.0 Å². The SMILES string of the molecule is CC(C)(C)OC(=O)[C@H]1CCCN1Cc1ccc(C(=O)Nc2sc3c(Cl)c(O)c(Cl)cc3c2C(N)=O)cc1. The highest BCUT2D eigenvalue weighted by Gasteiger charge is 2.34. The molecule has 4 rings (SSSR count). The van der Waals surface area contributed by atoms with E-state index in [0.29, 0.717) is 22.2 Å². The first-order chi connectivity index (χ1) is 17.4. The van der Waals surface area contributed by atoms with Gasteiger partial charge < -0.3 is 20.9 Å². The van der Waals surface area contributed by atoms with E-state index in [0.717, 1.165) is 36.3 Å². The Kier molecular flexibility index (Phi) is 7.71. The number of nitrogens with two attached hydrogens (primary N) is 1. The summed E-state index contributed by atoms with van der Waals surface area (Å²) in [7, 11) is 0. The number of amides is 2. The predicted molar refractivity (Wildman–Crippen MR) is 146 cm³/mol. The number of nitrogens with zero attached hydrogens (tertiary/aromatic N) is 1. The van der Waals surface area contributed by atoms with Crippen LogP contribution in [0, 0.1) is 0 Å². The first kappa shape index (κ1) is 27.2. The first-order valence-electron chi connectivity index (χ1n) is 11.7. The summed E-state index contributed by atoms with van der Waals surface area (Å²) >= 11 is 13.2. The number of benzene rings is 2. The lowest BCUT2D eigenvalue weighted by Crippen LogP contribution is -2.40. The number of carbonyl (C=O) groups excluding carboxylic acids is 3. The van der Waals surface area contributed by atoms with Crippen molar-refractivity contribution in [2.45, 2.75) is 51.8 Å². The molecule has 4 N–H and O–H groups in total. The van der Waals surface area contributed by atoms with Crippen molar-refractivity contribution in [3.8, 4) is 5.75 Å². The first-order valence-corrected chi connectivity index (χ1v) is 13.2. The van der Waals surface area contributed by atoms with E-state index in [-0.39, 0.29) is 38.4 Å². The minimum atomic E-state index is -0.764. The maximum Gasteiger partial charge on any atom is 0.323 e. The second-order valence-electron chi connectivity index (χ2n) is 9.88. The number of likely N-dealkylation sites (tertiary alicyclic amines) is 1. The van der Waals surface area contributed by atoms with Gasteiger partial charge in [-0.3, -0.25) is 19.3 Å². The largest absolute Gasteiger partial charge is 0.505 e. The number of thiophene rings is 1. The van der Waals surface area contributed by atoms with Crippen molar-refractivity contribution < 1.29 is 24.2 Å². The lowest BCUT2D eigenvalue weighted by Gasteiger charge is -2.27. The highest BCUT2D eigenvalue weighted by atomic mass is 35.5. The Morgan fingerprint density at radius 1 is 1.22 bits per heavy atom. The number of primary amides is 1. The summed E-state index contributed by atoms with van der Waals surface area (Å²) in [6.45, 7) is 6.90. The van der Waals surface area contributed by atoms with Gasteiger partial charge in [-0.2, -0.15) is 0 Å². The topological polar surface area (TPSA) is 122 Å². The molecule has 2 heterocycles. The number of hydrogen-bond donors (Lipinski definition) is 3. The van der Waals surface area contributed by atoms with Gasteiger partial charge in [0.15, 0.2) is 5.75 Å². The van der Waals surface area contributed by atoms with Crippen molar-refractivity contribution in [1.82, 2.24) is 4.90 Å². The van der Waals surface area contributed by atoms with Crippen LogP contribution in [-0.2, 0) is 16.1 Å². The zero-order chi connectivity index (χ0) is 27.1. The summed E-state index contributed by atoms with van der Waals surface area (Å²) < 4.78 is 5.95. The van der Waals surface area contributed by atoms with Gasteiger partial charge in [-0.05, 0) is 63.9 Å². The van der Waals surface area contributed by atoms with Crippen molar-refractivity contribution in [1.29, 1.82) is 0 Å². The van der Waals surface area contributed by atoms with E-state index in [2.05, 4.69) is 10.2 Å². The number of rotatable bonds is 6. The molecule has 11 heteroatoms. The molecule has 0 spiro atoms. The minimum Gasteiger partial charge on any atom is -0.505 e. The number of esters is 1. The van der Waals surface area contributed by atoms with Crippen LogP contribution in [0.25, 0.3) is 10.1 Å². The van der Waals surface area contributed by atoms with Crippen LogP contribution in [0.1, 0.15) is 59.9 Å². The third kappa shape index (κ3) is 5.85. The number of anilines is 1. The fraction of sp³-hybridized carbons (Fsp3) is 0.346. The van der Waals surface area contributed by atoms with Gasteiger partial charge in [-0.15, -0.1) is 11.3 Å². The number of halogens is 2. The minimum absolute atomic E-state index is 0.0218. The Bertz CT molecular complexity index is 1380. The molecule has 1 aliphatic rings. The quantitative estimate of drug-likeness (QED) is 0.337. The molecule has 8 nitrogen and oxygen atoms in total. The third-order valence-corrected chi connectivity index (χ3v) is 7.87. The molecule has 1 fully saturated rings. The number of aromatic hydroxyl groups is 1. The molecule has 0 saturated carbocycles. The number of fused-ring (bicyclic) bond motifs is 1. The lowest BCUT2D eigenvalue weighted by molar-refractivity contribution is -0.160. The highest BCUT2D eigenvalue weighted by molar-refractivity contribution is 7.24. The van der Waals surface area contributed by atoms with Gasteiger partial charge in [0.2, 0.25) is 0 Å². The number of phenols is 1. The van der Waals surface area contributed by atoms with Crippen LogP contribution in [0.3, 0.4) is 0 Å². The smallest absolute Gasteiger partial charge is 0.323 e. The highest BCUT2D eigenvalue weighted by Crippen LogP contribution is 2.46. The van der Waals surface area contributed by atoms with Gasteiger partial charge in [0.05, 0.1) is 15.3 Å². The molecule has 1 saturated heterocycles. The van der Waals surface area contributed by atoms with Crippen LogP contribution < -0.4 is 11.1 Å². The van der Waals surface area contributed by atoms with Gasteiger partial charge in [0.1, 0.15) is 21.7 Å². The van der Waals surface area contributed by atoms with Crippen molar-refractivity contribution >= 4 is 67.4 Å². The van der Waals surface area contributed by atoms with Gasteiger partial charge in [-0.1, -0.05) is 35.3 Å². The Balaban J connectivity index is 1.50. The van der Waals surface area contributed by atoms with E-state index < -0.39 is 17.4 Å². The number of nitrogens with one attached hydrogen (secondary N) is 1. The fourth-order valence-electron chi connectivity index (χ4n) is 4.31. The molecule has 1 aromatic heterocycles. The van der Waals surface area contributed by atoms with Gasteiger partial charge in [-0.25, -0.2) is 0 Å². The summed E-state index contributed by atoms with van der Waals surface area (Å²) in [5.74, 6) is -1.74. The second kappa shape index (κ2) is 10.5. The molecular formula is C26H27Cl2N3O5S. The maximum atomic E-state index is 13.0. The van der Waals surface area contributed by atoms with Crippen molar-refractivity contribution in [3.05, 3.63) is 57.1 Å². The Labute approximate surface area is 228 Å². The lowest BCUT2D eigenvalue weighted by atomic mass is 10.1. The zero-order valence-electron chi connectivity index (χ0n) is 20.6. The summed E-state index contributed by atoms with van der Waals surface area (Å²) in [5, 5.41) is 13.3. The van der Waals surface area contributed by atoms with Crippen LogP contribution in [-0.4, -0.2) is 46.0 Å². The summed E-state index contributed by atoms with van der Waals surface area (Å²) in [5.41, 5.74) is 6.41. The monoisotopic (exact) mass is 563 g/mol. The molecule has 2 amide bonds. The molecule has 37 heavy (non-hydrogen) atoms. The molecule has 0 radical (unpaired) electrons. The third-order valence-electron chi connectivity index (χ3n) is 5.97. The zero-order valence-corrected chi connectivity index (χ0v) is 22.9. The van der Waals surface area contributed by atoms with Crippen molar-refractivity contribution in [3.63, 3.8) is 0 Å². The number of carbonyl (C=O) groups is 3. The number of ether oxygens (including phenoxy) is 1. The van der Waals surface area contributed by atoms with Crippen LogP contribution in [0.15, 0.2) is 30.3 Å². The molecule has 0 bridgehead atoms. The number of hydrogen-bond acceptors (Lipinski definition) is 7. The molecular weight excluding hydrogens is 537 g/mol. The predicted octanol–water partition coefficient (Wildman–Crippen LogP) is 5.57. The molecule has 2 aromatic carbocycles. The van der Waals surface area contributed by atoms with E-state index in [9.17, 15) is 19.5 Å². The molecule has 0 unspecified atom stereocenters. The summed E-state index contributed by atoms with van der Waals surface area (Å²) in [4.78, 5) is 39.8. The Hall–Kier alpha value is -2.85. The molecule has 196 valence electrons. The van der Waals surface area contributed by atoms with Crippen molar-refractivity contribution in [2.75, 3.05) is 11.9 Å². The fourth-order valence-corrected chi connectivity index (χ4v) is 6.00. The van der Waals surface area contributed by atoms with Gasteiger partial charge in [0.25, 0.3) is 11.8 Å². The van der Waals surface area contributed by atoms with E-state index in [1.165, 1.54) is 6.07 Å². The Morgan fingerprint density at radius 2 is 1.89 bits per heavy atom. The second-order valence-corrected chi connectivity index (χ2v) is 11.7. The number of phenolic OH excluding ortho intramolecular Hbond substituents is 1. The van der Waals surface area contributed by atoms with Crippen LogP contribution in [0.5, 0.6) is 5.75 Å². The standard InChI is InChI=1S/C26H27Cl2N3O5S/c1-26(2,3)36-25(35)17-5-4-10-31(17)12-13-6-8-14(9-7-13)23(34)30-24-18(22(29)33)15-11-16(27)20(32)19(28)21(15)37-24/h6-9,11,17,32H,4-5,10,12H2,1-3H3,(H2,29,33)(H,30,34)/t17-/m1/s1. The summed E-state index contributed by atoms with van der Waals surface area (Å²) in [6, 6.07) is 8.11. The molecule has 1 atom stereocenters. The van der Waals surface area contributed by atoms with E-state index >= 15 is 0 Å². The van der Waals surface area contributed by atoms with E-state index in [1.807, 2.05) is 32.9 Å². The summed E-state index contributed by atoms with van der Waals surface area (Å²) in [6.07, 6.45) is 1.66. The van der Waals surface area contributed by atoms with Gasteiger partial charge >= 0.3 is 5.97 Å². The van der Waals surface area contributed by atoms with E-state index in [1.54, 1.807) is 12.1 Å². The van der Waals surface area contributed by atoms with Crippen molar-refractivity contribution in [2.24, 2.45) is 5.73 Å². The van der Waals surface area contributed by atoms with Crippen LogP contribution >= 0.6 is 34.5 Å². The molecule has 0 aliphatic carbocycles. The Morgan fingerprint density at radius 3 is 2.51 bits per heavy atom. The van der Waals surface area contributed by atoms with Gasteiger partial charge in [0, 0.05) is 17.5 Å². The maximum absolute atomic E-state index is 13.0.